The van der Waals surface area contributed by atoms with E-state index in [1.165, 1.54) is 5.56 Å². The Balaban J connectivity index is 0.000000162. The van der Waals surface area contributed by atoms with Gasteiger partial charge in [0.25, 0.3) is 0 Å². The zero-order valence-corrected chi connectivity index (χ0v) is 60.0. The summed E-state index contributed by atoms with van der Waals surface area (Å²) in [5.74, 6) is -1.37. The van der Waals surface area contributed by atoms with E-state index in [9.17, 15) is 24.3 Å². The molecule has 514 valence electrons. The molecule has 0 aliphatic carbocycles. The third-order valence-electron chi connectivity index (χ3n) is 16.3. The molecule has 0 saturated heterocycles. The number of aliphatic hydroxyl groups excluding tert-OH is 1. The first-order valence-corrected chi connectivity index (χ1v) is 34.6. The van der Waals surface area contributed by atoms with Crippen molar-refractivity contribution in [3.8, 4) is 33.4 Å². The van der Waals surface area contributed by atoms with Crippen molar-refractivity contribution in [2.75, 3.05) is 26.4 Å². The minimum atomic E-state index is -0.499. The van der Waals surface area contributed by atoms with Gasteiger partial charge in [0, 0.05) is 25.5 Å². The van der Waals surface area contributed by atoms with E-state index in [-0.39, 0.29) is 38.0 Å². The van der Waals surface area contributed by atoms with Crippen LogP contribution < -0.4 is 0 Å². The van der Waals surface area contributed by atoms with E-state index in [1.54, 1.807) is 57.2 Å². The van der Waals surface area contributed by atoms with Gasteiger partial charge in [0.2, 0.25) is 12.6 Å². The molecule has 0 saturated carbocycles. The smallest absolute Gasteiger partial charge is 0.339 e. The topological polar surface area (TPSA) is 188 Å². The largest absolute Gasteiger partial charge is 0.462 e. The highest BCUT2D eigenvalue weighted by molar-refractivity contribution is 14.1. The Morgan fingerprint density at radius 2 is 0.800 bits per heavy atom. The number of carbonyl (C=O) groups excluding carboxylic acids is 4. The Morgan fingerprint density at radius 1 is 0.430 bits per heavy atom. The summed E-state index contributed by atoms with van der Waals surface area (Å²) in [4.78, 5) is 58.3. The number of pyridine rings is 2. The van der Waals surface area contributed by atoms with E-state index in [0.717, 1.165) is 92.4 Å². The van der Waals surface area contributed by atoms with E-state index in [0.29, 0.717) is 78.6 Å². The number of rotatable bonds is 18. The number of carbonyl (C=O) groups is 4. The second kappa shape index (κ2) is 36.9. The zero-order valence-electron chi connectivity index (χ0n) is 57.8. The Hall–Kier alpha value is -9.79. The summed E-state index contributed by atoms with van der Waals surface area (Å²) >= 11 is 2.11. The SMILES string of the molecule is CC.CCOC(=O)c1ccccc1-c1cc(CO)cc(-c2ccccc2C(=O)OCC)c1C.CCOC(=O)c1ccccc1-c1cc(COC2OCc3cc4ccccc4nc32)ccc1C.CCOC(=O)c1ccccc1I.Cc1ccc(COC2OCc3cc4ccccc4nc32)cc1. The van der Waals surface area contributed by atoms with Crippen molar-refractivity contribution in [3.05, 3.63) is 294 Å². The minimum Gasteiger partial charge on any atom is -0.462 e. The van der Waals surface area contributed by atoms with Crippen LogP contribution in [-0.4, -0.2) is 65.4 Å². The molecule has 2 aromatic heterocycles. The predicted molar refractivity (Wildman–Crippen MR) is 398 cm³/mol. The predicted octanol–water partition coefficient (Wildman–Crippen LogP) is 19.1. The van der Waals surface area contributed by atoms with Crippen LogP contribution in [0.15, 0.2) is 212 Å². The summed E-state index contributed by atoms with van der Waals surface area (Å²) in [6.45, 7) is 20.3. The van der Waals surface area contributed by atoms with Crippen LogP contribution in [0.3, 0.4) is 0 Å². The number of ether oxygens (including phenoxy) is 8. The third kappa shape index (κ3) is 18.7. The average Bonchev–Trinajstić information content (AvgIpc) is 1.24. The summed E-state index contributed by atoms with van der Waals surface area (Å²) < 4.78 is 45.2. The van der Waals surface area contributed by atoms with E-state index in [4.69, 9.17) is 47.9 Å². The van der Waals surface area contributed by atoms with Gasteiger partial charge < -0.3 is 43.0 Å². The highest BCUT2D eigenvalue weighted by Gasteiger charge is 2.29. The highest BCUT2D eigenvalue weighted by atomic mass is 127. The van der Waals surface area contributed by atoms with Gasteiger partial charge >= 0.3 is 23.9 Å². The quantitative estimate of drug-likeness (QED) is 0.0485. The molecule has 11 aromatic rings. The van der Waals surface area contributed by atoms with Gasteiger partial charge in [-0.2, -0.15) is 0 Å². The minimum absolute atomic E-state index is 0.177. The summed E-state index contributed by atoms with van der Waals surface area (Å²) in [7, 11) is 0. The molecule has 16 heteroatoms. The van der Waals surface area contributed by atoms with Crippen LogP contribution in [0.1, 0.15) is 151 Å². The van der Waals surface area contributed by atoms with Crippen LogP contribution in [0.2, 0.25) is 0 Å². The lowest BCUT2D eigenvalue weighted by Gasteiger charge is -2.18. The first kappa shape index (κ1) is 74.4. The van der Waals surface area contributed by atoms with Crippen molar-refractivity contribution in [1.82, 2.24) is 9.97 Å². The number of para-hydroxylation sites is 2. The average molecular weight is 1460 g/mol. The van der Waals surface area contributed by atoms with Gasteiger partial charge in [-0.1, -0.05) is 159 Å². The van der Waals surface area contributed by atoms with Crippen molar-refractivity contribution in [2.24, 2.45) is 0 Å². The molecule has 0 spiro atoms. The maximum absolute atomic E-state index is 12.5. The number of nitrogens with zero attached hydrogens (tertiary/aromatic N) is 2. The molecule has 4 heterocycles. The van der Waals surface area contributed by atoms with Crippen molar-refractivity contribution >= 4 is 68.3 Å². The second-order valence-corrected chi connectivity index (χ2v) is 24.1. The van der Waals surface area contributed by atoms with Crippen LogP contribution >= 0.6 is 22.6 Å². The molecule has 2 aliphatic rings. The van der Waals surface area contributed by atoms with Crippen molar-refractivity contribution in [2.45, 2.75) is 108 Å². The molecule has 15 nitrogen and oxygen atoms in total. The molecule has 2 atom stereocenters. The fourth-order valence-electron chi connectivity index (χ4n) is 11.4. The molecule has 0 amide bonds. The van der Waals surface area contributed by atoms with Crippen LogP contribution in [0.4, 0.5) is 0 Å². The molecule has 1 N–H and O–H groups in total. The van der Waals surface area contributed by atoms with E-state index < -0.39 is 18.2 Å². The molecule has 0 fully saturated rings. The normalized spacial score (nSPS) is 13.1. The molecule has 100 heavy (non-hydrogen) atoms. The first-order valence-electron chi connectivity index (χ1n) is 33.5. The van der Waals surface area contributed by atoms with E-state index >= 15 is 0 Å². The molecule has 0 bridgehead atoms. The van der Waals surface area contributed by atoms with Crippen LogP contribution in [0, 0.1) is 24.3 Å². The van der Waals surface area contributed by atoms with Crippen LogP contribution in [0.5, 0.6) is 0 Å². The summed E-state index contributed by atoms with van der Waals surface area (Å²) in [6.07, 6.45) is -0.873. The Morgan fingerprint density at radius 3 is 1.24 bits per heavy atom. The number of esters is 4. The molecule has 13 rings (SSSR count). The maximum atomic E-state index is 12.5. The van der Waals surface area contributed by atoms with Gasteiger partial charge in [-0.3, -0.25) is 0 Å². The van der Waals surface area contributed by atoms with Gasteiger partial charge in [0.1, 0.15) is 11.4 Å². The number of aromatic nitrogens is 2. The summed E-state index contributed by atoms with van der Waals surface area (Å²) in [5, 5.41) is 12.2. The van der Waals surface area contributed by atoms with Gasteiger partial charge in [0.15, 0.2) is 0 Å². The molecule has 9 aromatic carbocycles. The number of fused-ring (bicyclic) bond motifs is 4. The highest BCUT2D eigenvalue weighted by Crippen LogP contribution is 2.39. The maximum Gasteiger partial charge on any atom is 0.339 e. The monoisotopic (exact) mass is 1450 g/mol. The Bertz CT molecular complexity index is 4550. The van der Waals surface area contributed by atoms with Gasteiger partial charge in [0.05, 0.1) is 92.7 Å². The summed E-state index contributed by atoms with van der Waals surface area (Å²) in [6, 6.07) is 68.0. The van der Waals surface area contributed by atoms with Gasteiger partial charge in [-0.15, -0.1) is 0 Å². The Kier molecular flexibility index (Phi) is 27.4. The lowest BCUT2D eigenvalue weighted by Crippen LogP contribution is -2.08. The molecule has 0 radical (unpaired) electrons. The number of aliphatic hydroxyl groups is 1. The second-order valence-electron chi connectivity index (χ2n) is 23.0. The fraction of sp³-hybridized carbons (Fsp3) is 0.238. The van der Waals surface area contributed by atoms with Crippen LogP contribution in [0.25, 0.3) is 55.2 Å². The van der Waals surface area contributed by atoms with Crippen LogP contribution in [-0.2, 0) is 70.9 Å². The van der Waals surface area contributed by atoms with Crippen molar-refractivity contribution in [3.63, 3.8) is 0 Å². The molecule has 2 aliphatic heterocycles. The number of hydrogen-bond donors (Lipinski definition) is 1. The molecular weight excluding hydrogens is 1370 g/mol. The van der Waals surface area contributed by atoms with E-state index in [1.807, 2.05) is 156 Å². The number of aryl methyl sites for hydroxylation is 2. The lowest BCUT2D eigenvalue weighted by molar-refractivity contribution is -0.147. The standard InChI is InChI=1S/C28H25NO4.C26H26O5.C19H17NO2.C9H9IO2.C2H6/c1-3-31-27(30)23-10-6-5-9-22(23)24-14-19(13-12-18(24)2)16-32-28-26-21(17-33-28)15-20-8-4-7-11-25(20)29-26;1-4-30-25(28)21-12-8-6-10-19(21)23-14-18(16-27)15-24(17(23)3)20-11-7-9-13-22(20)26(29)31-5-2;1-13-6-8-14(9-7-13)11-21-19-18-16(12-22-19)10-15-4-2-3-5-17(15)20-18;1-2-12-9(11)7-5-3-4-6-8(7)10;1-2/h4-15,28H,3,16-17H2,1-2H3;6-15,27H,4-5,16H2,1-3H3;2-10,19H,11-12H2,1H3;3-6H,2H2,1H3;1-2H3. The fourth-order valence-corrected chi connectivity index (χ4v) is 12.0. The zero-order chi connectivity index (χ0) is 71.1. The van der Waals surface area contributed by atoms with Gasteiger partial charge in [-0.25, -0.2) is 29.1 Å². The van der Waals surface area contributed by atoms with Crippen molar-refractivity contribution < 1.29 is 62.2 Å². The van der Waals surface area contributed by atoms with Gasteiger partial charge in [-0.05, 0) is 205 Å². The number of halogens is 1. The molecular formula is C84H83IN2O13. The number of benzene rings is 9. The third-order valence-corrected chi connectivity index (χ3v) is 17.2. The lowest BCUT2D eigenvalue weighted by atomic mass is 9.87. The first-order chi connectivity index (χ1) is 48.7. The Labute approximate surface area is 598 Å². The molecule has 2 unspecified atom stereocenters. The van der Waals surface area contributed by atoms with E-state index in [2.05, 4.69) is 84.1 Å². The summed E-state index contributed by atoms with van der Waals surface area (Å²) in [5.41, 5.74) is 18.8. The number of hydrogen-bond acceptors (Lipinski definition) is 15. The van der Waals surface area contributed by atoms with Crippen molar-refractivity contribution in [1.29, 1.82) is 0 Å².